The molecule has 0 spiro atoms. The molecule has 0 saturated carbocycles. The molecule has 0 fully saturated rings. The van der Waals surface area contributed by atoms with Gasteiger partial charge in [-0.1, -0.05) is 12.1 Å². The van der Waals surface area contributed by atoms with Gasteiger partial charge in [0.05, 0.1) is 12.8 Å². The van der Waals surface area contributed by atoms with Crippen LogP contribution >= 0.6 is 0 Å². The first kappa shape index (κ1) is 18.4. The Hall–Kier alpha value is -3.35. The second kappa shape index (κ2) is 8.35. The lowest BCUT2D eigenvalue weighted by Crippen LogP contribution is -2.34. The fourth-order valence-corrected chi connectivity index (χ4v) is 2.52. The summed E-state index contributed by atoms with van der Waals surface area (Å²) in [5.41, 5.74) is 2.35. The Morgan fingerprint density at radius 2 is 2.07 bits per heavy atom. The lowest BCUT2D eigenvalue weighted by atomic mass is 10.1. The predicted molar refractivity (Wildman–Crippen MR) is 101 cm³/mol. The Labute approximate surface area is 156 Å². The van der Waals surface area contributed by atoms with Crippen molar-refractivity contribution in [3.05, 3.63) is 70.2 Å². The molecule has 27 heavy (non-hydrogen) atoms. The van der Waals surface area contributed by atoms with Crippen LogP contribution in [0.15, 0.2) is 57.9 Å². The van der Waals surface area contributed by atoms with Gasteiger partial charge in [-0.15, -0.1) is 0 Å². The van der Waals surface area contributed by atoms with Crippen molar-refractivity contribution in [3.63, 3.8) is 0 Å². The molecule has 0 atom stereocenters. The maximum atomic E-state index is 12.0. The number of hydrogen-bond donors (Lipinski definition) is 1. The molecule has 3 rings (SSSR count). The number of benzene rings is 1. The molecule has 3 aromatic rings. The van der Waals surface area contributed by atoms with Crippen LogP contribution < -0.4 is 15.6 Å². The van der Waals surface area contributed by atoms with E-state index in [9.17, 15) is 9.59 Å². The Kier molecular flexibility index (Phi) is 5.71. The van der Waals surface area contributed by atoms with Crippen LogP contribution in [0.5, 0.6) is 5.75 Å². The van der Waals surface area contributed by atoms with Crippen molar-refractivity contribution in [1.82, 2.24) is 15.1 Å². The zero-order valence-corrected chi connectivity index (χ0v) is 15.3. The largest absolute Gasteiger partial charge is 0.483 e. The van der Waals surface area contributed by atoms with E-state index in [2.05, 4.69) is 10.4 Å². The van der Waals surface area contributed by atoms with Crippen LogP contribution in [0.1, 0.15) is 11.1 Å². The molecule has 1 amide bonds. The van der Waals surface area contributed by atoms with E-state index in [4.69, 9.17) is 9.15 Å². The van der Waals surface area contributed by atoms with E-state index in [1.165, 1.54) is 10.7 Å². The van der Waals surface area contributed by atoms with Gasteiger partial charge >= 0.3 is 0 Å². The second-order valence-electron chi connectivity index (χ2n) is 6.16. The molecule has 0 aliphatic heterocycles. The highest BCUT2D eigenvalue weighted by molar-refractivity contribution is 5.77. The number of nitrogens with one attached hydrogen (secondary N) is 1. The molecule has 140 valence electrons. The summed E-state index contributed by atoms with van der Waals surface area (Å²) in [7, 11) is 0. The highest BCUT2D eigenvalue weighted by atomic mass is 16.5. The Morgan fingerprint density at radius 3 is 2.85 bits per heavy atom. The number of carbonyl (C=O) groups excluding carboxylic acids is 1. The molecule has 7 heteroatoms. The maximum absolute atomic E-state index is 12.0. The predicted octanol–water partition coefficient (Wildman–Crippen LogP) is 2.32. The smallest absolute Gasteiger partial charge is 0.266 e. The average Bonchev–Trinajstić information content (AvgIpc) is 3.19. The highest BCUT2D eigenvalue weighted by Gasteiger charge is 2.08. The van der Waals surface area contributed by atoms with Gasteiger partial charge in [0.2, 0.25) is 0 Å². The first-order chi connectivity index (χ1) is 13.0. The molecule has 0 aliphatic carbocycles. The van der Waals surface area contributed by atoms with Gasteiger partial charge in [-0.05, 0) is 49.2 Å². The quantitative estimate of drug-likeness (QED) is 0.693. The molecule has 2 heterocycles. The fraction of sp³-hybridized carbons (Fsp3) is 0.250. The van der Waals surface area contributed by atoms with Crippen molar-refractivity contribution in [2.75, 3.05) is 13.2 Å². The molecule has 0 saturated heterocycles. The van der Waals surface area contributed by atoms with Crippen LogP contribution in [0.4, 0.5) is 0 Å². The number of furan rings is 1. The third-order valence-electron chi connectivity index (χ3n) is 3.99. The molecule has 0 aliphatic rings. The van der Waals surface area contributed by atoms with Crippen LogP contribution in [0.3, 0.4) is 0 Å². The number of hydrogen-bond acceptors (Lipinski definition) is 5. The summed E-state index contributed by atoms with van der Waals surface area (Å²) in [6.07, 6.45) is 1.54. The molecule has 2 aromatic heterocycles. The summed E-state index contributed by atoms with van der Waals surface area (Å²) in [5, 5.41) is 6.98. The zero-order valence-electron chi connectivity index (χ0n) is 15.3. The second-order valence-corrected chi connectivity index (χ2v) is 6.16. The SMILES string of the molecule is Cc1ccc(C)c(OCC(=O)NCCn2nc(-c3ccco3)ccc2=O)c1. The first-order valence-electron chi connectivity index (χ1n) is 8.62. The molecule has 1 N–H and O–H groups in total. The van der Waals surface area contributed by atoms with Gasteiger partial charge in [-0.2, -0.15) is 5.10 Å². The van der Waals surface area contributed by atoms with E-state index in [1.54, 1.807) is 24.5 Å². The van der Waals surface area contributed by atoms with Crippen LogP contribution in [0.25, 0.3) is 11.5 Å². The van der Waals surface area contributed by atoms with Crippen LogP contribution in [0.2, 0.25) is 0 Å². The van der Waals surface area contributed by atoms with Gasteiger partial charge in [0.1, 0.15) is 11.4 Å². The average molecular weight is 367 g/mol. The van der Waals surface area contributed by atoms with Crippen LogP contribution in [-0.2, 0) is 11.3 Å². The van der Waals surface area contributed by atoms with Gasteiger partial charge < -0.3 is 14.5 Å². The lowest BCUT2D eigenvalue weighted by Gasteiger charge is -2.11. The molecule has 1 aromatic carbocycles. The van der Waals surface area contributed by atoms with E-state index < -0.39 is 0 Å². The van der Waals surface area contributed by atoms with E-state index >= 15 is 0 Å². The lowest BCUT2D eigenvalue weighted by molar-refractivity contribution is -0.123. The molecule has 0 bridgehead atoms. The summed E-state index contributed by atoms with van der Waals surface area (Å²) < 4.78 is 12.1. The molecular weight excluding hydrogens is 346 g/mol. The van der Waals surface area contributed by atoms with Crippen molar-refractivity contribution >= 4 is 5.91 Å². The Bertz CT molecular complexity index is 977. The summed E-state index contributed by atoms with van der Waals surface area (Å²) in [6.45, 7) is 4.33. The van der Waals surface area contributed by atoms with Crippen LogP contribution in [0, 0.1) is 13.8 Å². The number of aryl methyl sites for hydroxylation is 2. The number of rotatable bonds is 7. The van der Waals surface area contributed by atoms with Gasteiger partial charge in [0.15, 0.2) is 12.4 Å². The molecule has 7 nitrogen and oxygen atoms in total. The number of ether oxygens (including phenoxy) is 1. The maximum Gasteiger partial charge on any atom is 0.266 e. The molecule has 0 unspecified atom stereocenters. The van der Waals surface area contributed by atoms with Crippen molar-refractivity contribution in [3.8, 4) is 17.2 Å². The summed E-state index contributed by atoms with van der Waals surface area (Å²) in [4.78, 5) is 23.9. The van der Waals surface area contributed by atoms with Gasteiger partial charge in [0, 0.05) is 12.6 Å². The van der Waals surface area contributed by atoms with E-state index in [-0.39, 0.29) is 31.2 Å². The topological polar surface area (TPSA) is 86.4 Å². The van der Waals surface area contributed by atoms with E-state index in [1.807, 2.05) is 32.0 Å². The minimum absolute atomic E-state index is 0.0843. The number of amides is 1. The van der Waals surface area contributed by atoms with Gasteiger partial charge in [0.25, 0.3) is 11.5 Å². The van der Waals surface area contributed by atoms with Gasteiger partial charge in [-0.25, -0.2) is 4.68 Å². The molecular formula is C20H21N3O4. The number of aromatic nitrogens is 2. The first-order valence-corrected chi connectivity index (χ1v) is 8.62. The number of carbonyl (C=O) groups is 1. The zero-order chi connectivity index (χ0) is 19.2. The normalized spacial score (nSPS) is 10.6. The van der Waals surface area contributed by atoms with Gasteiger partial charge in [-0.3, -0.25) is 9.59 Å². The Morgan fingerprint density at radius 1 is 1.22 bits per heavy atom. The van der Waals surface area contributed by atoms with Crippen molar-refractivity contribution in [1.29, 1.82) is 0 Å². The van der Waals surface area contributed by atoms with Crippen molar-refractivity contribution < 1.29 is 13.9 Å². The van der Waals surface area contributed by atoms with E-state index in [0.29, 0.717) is 17.2 Å². The fourth-order valence-electron chi connectivity index (χ4n) is 2.52. The van der Waals surface area contributed by atoms with E-state index in [0.717, 1.165) is 11.1 Å². The third-order valence-corrected chi connectivity index (χ3v) is 3.99. The monoisotopic (exact) mass is 367 g/mol. The summed E-state index contributed by atoms with van der Waals surface area (Å²) >= 11 is 0. The van der Waals surface area contributed by atoms with Crippen molar-refractivity contribution in [2.24, 2.45) is 0 Å². The number of nitrogens with zero attached hydrogens (tertiary/aromatic N) is 2. The minimum Gasteiger partial charge on any atom is -0.483 e. The summed E-state index contributed by atoms with van der Waals surface area (Å²) in [6, 6.07) is 12.4. The Balaban J connectivity index is 1.52. The molecule has 0 radical (unpaired) electrons. The minimum atomic E-state index is -0.258. The standard InChI is InChI=1S/C20H21N3O4/c1-14-5-6-15(2)18(12-14)27-13-19(24)21-9-10-23-20(25)8-7-16(22-23)17-4-3-11-26-17/h3-8,11-12H,9-10,13H2,1-2H3,(H,21,24). The third kappa shape index (κ3) is 4.84. The summed E-state index contributed by atoms with van der Waals surface area (Å²) in [5.74, 6) is 1.01. The van der Waals surface area contributed by atoms with Crippen molar-refractivity contribution in [2.45, 2.75) is 20.4 Å². The van der Waals surface area contributed by atoms with Crippen LogP contribution in [-0.4, -0.2) is 28.8 Å². The highest BCUT2D eigenvalue weighted by Crippen LogP contribution is 2.18.